The van der Waals surface area contributed by atoms with Crippen molar-refractivity contribution >= 4 is 22.8 Å². The molecule has 1 heterocycles. The topological polar surface area (TPSA) is 84.2 Å². The van der Waals surface area contributed by atoms with Crippen molar-refractivity contribution in [2.45, 2.75) is 52.6 Å². The van der Waals surface area contributed by atoms with Gasteiger partial charge in [0.25, 0.3) is 5.91 Å². The van der Waals surface area contributed by atoms with E-state index in [1.165, 1.54) is 0 Å². The molecule has 0 bridgehead atoms. The fourth-order valence-corrected chi connectivity index (χ4v) is 2.79. The van der Waals surface area contributed by atoms with Crippen LogP contribution in [0.1, 0.15) is 51.9 Å². The van der Waals surface area contributed by atoms with Crippen molar-refractivity contribution in [2.75, 3.05) is 6.67 Å². The minimum Gasteiger partial charge on any atom is -0.480 e. The van der Waals surface area contributed by atoms with E-state index in [1.807, 2.05) is 12.1 Å². The van der Waals surface area contributed by atoms with Gasteiger partial charge in [-0.15, -0.1) is 0 Å². The van der Waals surface area contributed by atoms with E-state index in [0.717, 1.165) is 18.4 Å². The molecule has 0 saturated carbocycles. The molecule has 6 nitrogen and oxygen atoms in total. The van der Waals surface area contributed by atoms with Gasteiger partial charge < -0.3 is 10.4 Å². The van der Waals surface area contributed by atoms with Crippen molar-refractivity contribution in [3.8, 4) is 0 Å². The summed E-state index contributed by atoms with van der Waals surface area (Å²) >= 11 is 0. The molecule has 0 radical (unpaired) electrons. The number of unbranched alkanes of at least 4 members (excludes halogenated alkanes) is 2. The molecule has 2 aromatic rings. The Hall–Kier alpha value is -2.44. The maximum Gasteiger partial charge on any atom is 0.326 e. The number of para-hydroxylation sites is 1. The molecule has 0 spiro atoms. The third kappa shape index (κ3) is 4.59. The molecule has 0 aliphatic heterocycles. The highest BCUT2D eigenvalue weighted by atomic mass is 19.1. The van der Waals surface area contributed by atoms with Crippen LogP contribution in [-0.2, 0) is 11.3 Å². The van der Waals surface area contributed by atoms with Crippen molar-refractivity contribution in [1.29, 1.82) is 0 Å². The molecule has 142 valence electrons. The lowest BCUT2D eigenvalue weighted by atomic mass is 9.86. The van der Waals surface area contributed by atoms with Gasteiger partial charge in [-0.2, -0.15) is 5.10 Å². The summed E-state index contributed by atoms with van der Waals surface area (Å²) in [6.07, 6.45) is 1.96. The van der Waals surface area contributed by atoms with E-state index >= 15 is 0 Å². The van der Waals surface area contributed by atoms with Gasteiger partial charge in [-0.3, -0.25) is 13.9 Å². The predicted octanol–water partition coefficient (Wildman–Crippen LogP) is 3.41. The fraction of sp³-hybridized carbons (Fsp3) is 0.526. The van der Waals surface area contributed by atoms with Crippen LogP contribution in [0.3, 0.4) is 0 Å². The van der Waals surface area contributed by atoms with Crippen LogP contribution in [0, 0.1) is 5.41 Å². The number of fused-ring (bicyclic) bond motifs is 1. The van der Waals surface area contributed by atoms with Gasteiger partial charge in [0.05, 0.1) is 12.2 Å². The molecule has 0 aliphatic rings. The van der Waals surface area contributed by atoms with Crippen LogP contribution in [0.25, 0.3) is 10.9 Å². The summed E-state index contributed by atoms with van der Waals surface area (Å²) in [4.78, 5) is 24.4. The Bertz CT molecular complexity index is 807. The number of aryl methyl sites for hydroxylation is 1. The third-order valence-corrected chi connectivity index (χ3v) is 4.18. The first-order chi connectivity index (χ1) is 12.8. The van der Waals surface area contributed by atoms with E-state index < -0.39 is 23.3 Å². The summed E-state index contributed by atoms with van der Waals surface area (Å²) in [7, 11) is 0. The second kappa shape index (κ2) is 8.29. The summed E-state index contributed by atoms with van der Waals surface area (Å²) in [5, 5.41) is 17.0. The molecule has 0 unspecified atom stereocenters. The zero-order valence-electron chi connectivity index (χ0n) is 16.2. The van der Waals surface area contributed by atoms with Gasteiger partial charge in [-0.1, -0.05) is 38.9 Å². The largest absolute Gasteiger partial charge is 0.480 e. The fourth-order valence-electron chi connectivity index (χ4n) is 2.79. The molecule has 1 aromatic carbocycles. The van der Waals surface area contributed by atoms with E-state index in [-0.39, 0.29) is 19.3 Å². The third-order valence-electron chi connectivity index (χ3n) is 4.18. The van der Waals surface area contributed by atoms with E-state index in [1.54, 1.807) is 30.7 Å². The van der Waals surface area contributed by atoms with Crippen molar-refractivity contribution in [3.05, 3.63) is 30.0 Å². The average Bonchev–Trinajstić information content (AvgIpc) is 3.01. The highest BCUT2D eigenvalue weighted by Crippen LogP contribution is 2.22. The molecular weight excluding hydrogens is 337 g/mol. The molecule has 2 rings (SSSR count). The quantitative estimate of drug-likeness (QED) is 0.703. The second-order valence-corrected chi connectivity index (χ2v) is 7.07. The SMILES string of the molecule is [2H]CC(C)(C)[C@H](NC(=O)c1nn(CCCCCF)c2ccccc12)C(=O)O. The normalized spacial score (nSPS) is 13.4. The lowest BCUT2D eigenvalue weighted by molar-refractivity contribution is -0.142. The van der Waals surface area contributed by atoms with E-state index in [0.29, 0.717) is 18.4 Å². The highest BCUT2D eigenvalue weighted by Gasteiger charge is 2.33. The summed E-state index contributed by atoms with van der Waals surface area (Å²) in [5.41, 5.74) is 0.00400. The molecule has 26 heavy (non-hydrogen) atoms. The zero-order valence-corrected chi connectivity index (χ0v) is 15.2. The van der Waals surface area contributed by atoms with Crippen molar-refractivity contribution in [2.24, 2.45) is 5.41 Å². The molecular formula is C19H26FN3O3. The monoisotopic (exact) mass is 364 g/mol. The maximum atomic E-state index is 12.8. The van der Waals surface area contributed by atoms with Crippen LogP contribution in [0.4, 0.5) is 4.39 Å². The number of benzene rings is 1. The van der Waals surface area contributed by atoms with Crippen LogP contribution < -0.4 is 5.32 Å². The minimum atomic E-state index is -1.20. The number of alkyl halides is 1. The summed E-state index contributed by atoms with van der Waals surface area (Å²) in [6.45, 7) is 3.31. The van der Waals surface area contributed by atoms with E-state index in [2.05, 4.69) is 10.4 Å². The van der Waals surface area contributed by atoms with Gasteiger partial charge >= 0.3 is 5.97 Å². The lowest BCUT2D eigenvalue weighted by Gasteiger charge is -2.27. The minimum absolute atomic E-state index is 0.145. The Morgan fingerprint density at radius 3 is 2.73 bits per heavy atom. The zero-order chi connectivity index (χ0) is 20.0. The molecule has 0 saturated heterocycles. The second-order valence-electron chi connectivity index (χ2n) is 7.07. The molecule has 0 aliphatic carbocycles. The lowest BCUT2D eigenvalue weighted by Crippen LogP contribution is -2.49. The Kier molecular flexibility index (Phi) is 5.85. The first-order valence-electron chi connectivity index (χ1n) is 9.37. The van der Waals surface area contributed by atoms with Gasteiger partial charge in [0.1, 0.15) is 6.04 Å². The number of aromatic nitrogens is 2. The highest BCUT2D eigenvalue weighted by molar-refractivity contribution is 6.06. The summed E-state index contributed by atoms with van der Waals surface area (Å²) < 4.78 is 21.5. The van der Waals surface area contributed by atoms with Crippen LogP contribution in [-0.4, -0.2) is 39.5 Å². The van der Waals surface area contributed by atoms with Crippen molar-refractivity contribution < 1.29 is 20.5 Å². The number of hydrogen-bond donors (Lipinski definition) is 2. The Morgan fingerprint density at radius 2 is 2.08 bits per heavy atom. The van der Waals surface area contributed by atoms with Gasteiger partial charge in [-0.05, 0) is 30.7 Å². The summed E-state index contributed by atoms with van der Waals surface area (Å²) in [6, 6.07) is 6.04. The van der Waals surface area contributed by atoms with Crippen molar-refractivity contribution in [1.82, 2.24) is 15.1 Å². The smallest absolute Gasteiger partial charge is 0.326 e. The Labute approximate surface area is 153 Å². The maximum absolute atomic E-state index is 12.8. The molecule has 7 heteroatoms. The molecule has 2 N–H and O–H groups in total. The van der Waals surface area contributed by atoms with Gasteiger partial charge in [0, 0.05) is 13.3 Å². The van der Waals surface area contributed by atoms with Crippen LogP contribution in [0.5, 0.6) is 0 Å². The number of hydrogen-bond acceptors (Lipinski definition) is 3. The molecule has 1 aromatic heterocycles. The van der Waals surface area contributed by atoms with Crippen molar-refractivity contribution in [3.63, 3.8) is 0 Å². The van der Waals surface area contributed by atoms with Crippen LogP contribution >= 0.6 is 0 Å². The van der Waals surface area contributed by atoms with Gasteiger partial charge in [0.2, 0.25) is 0 Å². The number of aliphatic carboxylic acids is 1. The number of rotatable bonds is 8. The predicted molar refractivity (Wildman–Crippen MR) is 97.9 cm³/mol. The van der Waals surface area contributed by atoms with Gasteiger partial charge in [-0.25, -0.2) is 4.79 Å². The van der Waals surface area contributed by atoms with E-state index in [9.17, 15) is 19.1 Å². The number of carboxylic acid groups (broad SMARTS) is 1. The Morgan fingerprint density at radius 1 is 1.35 bits per heavy atom. The first kappa shape index (κ1) is 18.4. The average molecular weight is 364 g/mol. The molecule has 1 amide bonds. The standard InChI is InChI=1S/C19H26FN3O3/c1-19(2,3)16(18(25)26)21-17(24)15-13-9-5-6-10-14(13)23(22-15)12-8-4-7-11-20/h5-6,9-10,16H,4,7-8,11-12H2,1-3H3,(H,21,24)(H,25,26)/t16-/m1/s1/i1D. The molecule has 0 fully saturated rings. The number of halogens is 1. The van der Waals surface area contributed by atoms with Crippen LogP contribution in [0.15, 0.2) is 24.3 Å². The number of carbonyl (C=O) groups is 2. The number of amides is 1. The van der Waals surface area contributed by atoms with Gasteiger partial charge in [0.15, 0.2) is 5.69 Å². The first-order valence-corrected chi connectivity index (χ1v) is 8.66. The number of carbonyl (C=O) groups excluding carboxylic acids is 1. The molecule has 1 atom stereocenters. The Balaban J connectivity index is 2.29. The van der Waals surface area contributed by atoms with Crippen LogP contribution in [0.2, 0.25) is 0 Å². The number of nitrogens with one attached hydrogen (secondary N) is 1. The number of nitrogens with zero attached hydrogens (tertiary/aromatic N) is 2. The van der Waals surface area contributed by atoms with E-state index in [4.69, 9.17) is 1.37 Å². The number of carboxylic acids is 1. The summed E-state index contributed by atoms with van der Waals surface area (Å²) in [5.74, 6) is -1.77.